The number of likely N-dealkylation sites (tertiary alicyclic amines) is 1. The van der Waals surface area contributed by atoms with Gasteiger partial charge in [0.25, 0.3) is 0 Å². The van der Waals surface area contributed by atoms with Crippen molar-refractivity contribution in [3.05, 3.63) is 12.2 Å². The second kappa shape index (κ2) is 2.84. The molecule has 1 fully saturated rings. The van der Waals surface area contributed by atoms with Crippen LogP contribution in [0.2, 0.25) is 0 Å². The zero-order chi connectivity index (χ0) is 11.3. The molecule has 2 heterocycles. The first-order valence-corrected chi connectivity index (χ1v) is 5.05. The Kier molecular flexibility index (Phi) is 1.93. The number of rotatable bonds is 0. The van der Waals surface area contributed by atoms with Gasteiger partial charge in [0.15, 0.2) is 5.60 Å². The summed E-state index contributed by atoms with van der Waals surface area (Å²) in [6.07, 6.45) is 3.38. The van der Waals surface area contributed by atoms with Gasteiger partial charge in [0.05, 0.1) is 13.0 Å². The first-order valence-electron chi connectivity index (χ1n) is 5.05. The van der Waals surface area contributed by atoms with Crippen LogP contribution in [0.5, 0.6) is 0 Å². The molecular formula is C11H15NO3. The molecule has 2 rings (SSSR count). The van der Waals surface area contributed by atoms with Crippen molar-refractivity contribution in [2.45, 2.75) is 38.3 Å². The quantitative estimate of drug-likeness (QED) is 0.556. The van der Waals surface area contributed by atoms with Gasteiger partial charge in [-0.05, 0) is 26.8 Å². The molecule has 4 heteroatoms. The summed E-state index contributed by atoms with van der Waals surface area (Å²) in [7, 11) is 0. The van der Waals surface area contributed by atoms with Gasteiger partial charge in [0.1, 0.15) is 0 Å². The maximum absolute atomic E-state index is 11.8. The maximum Gasteiger partial charge on any atom is 0.331 e. The number of nitrogens with zero attached hydrogens (tertiary/aromatic N) is 1. The largest absolute Gasteiger partial charge is 0.449 e. The molecule has 0 aromatic heterocycles. The Bertz CT molecular complexity index is 353. The van der Waals surface area contributed by atoms with Crippen LogP contribution in [0, 0.1) is 0 Å². The second-order valence-corrected chi connectivity index (χ2v) is 5.15. The van der Waals surface area contributed by atoms with E-state index in [-0.39, 0.29) is 23.8 Å². The number of amides is 1. The van der Waals surface area contributed by atoms with E-state index in [0.29, 0.717) is 6.54 Å². The molecule has 0 saturated carbocycles. The standard InChI is InChI=1S/C11H15NO3/c1-10(2,3)12-7-11(6-8(12)13)5-4-9(14)15-11/h4-5H,6-7H2,1-3H3. The molecule has 1 spiro atoms. The lowest BCUT2D eigenvalue weighted by molar-refractivity contribution is -0.144. The lowest BCUT2D eigenvalue weighted by Gasteiger charge is -2.32. The van der Waals surface area contributed by atoms with Gasteiger partial charge in [0, 0.05) is 11.6 Å². The van der Waals surface area contributed by atoms with Crippen molar-refractivity contribution in [3.63, 3.8) is 0 Å². The predicted octanol–water partition coefficient (Wildman–Crippen LogP) is 0.869. The summed E-state index contributed by atoms with van der Waals surface area (Å²) in [6.45, 7) is 6.40. The molecule has 0 bridgehead atoms. The average Bonchev–Trinajstić information content (AvgIpc) is 2.56. The van der Waals surface area contributed by atoms with Crippen LogP contribution in [0.3, 0.4) is 0 Å². The van der Waals surface area contributed by atoms with Crippen LogP contribution in [-0.2, 0) is 14.3 Å². The third-order valence-corrected chi connectivity index (χ3v) is 2.81. The maximum atomic E-state index is 11.8. The van der Waals surface area contributed by atoms with E-state index in [1.807, 2.05) is 20.8 Å². The Morgan fingerprint density at radius 2 is 2.07 bits per heavy atom. The second-order valence-electron chi connectivity index (χ2n) is 5.15. The van der Waals surface area contributed by atoms with Crippen LogP contribution in [0.25, 0.3) is 0 Å². The molecule has 0 radical (unpaired) electrons. The summed E-state index contributed by atoms with van der Waals surface area (Å²) in [5, 5.41) is 0. The highest BCUT2D eigenvalue weighted by atomic mass is 16.6. The molecule has 1 amide bonds. The predicted molar refractivity (Wildman–Crippen MR) is 54.0 cm³/mol. The number of carbonyl (C=O) groups is 2. The fourth-order valence-corrected chi connectivity index (χ4v) is 2.04. The molecule has 1 unspecified atom stereocenters. The van der Waals surface area contributed by atoms with Gasteiger partial charge in [-0.25, -0.2) is 4.79 Å². The summed E-state index contributed by atoms with van der Waals surface area (Å²) >= 11 is 0. The summed E-state index contributed by atoms with van der Waals surface area (Å²) in [4.78, 5) is 24.6. The van der Waals surface area contributed by atoms with E-state index in [9.17, 15) is 9.59 Å². The number of ether oxygens (including phenoxy) is 1. The van der Waals surface area contributed by atoms with E-state index < -0.39 is 5.60 Å². The van der Waals surface area contributed by atoms with Gasteiger partial charge in [-0.3, -0.25) is 4.79 Å². The smallest absolute Gasteiger partial charge is 0.331 e. The first kappa shape index (κ1) is 10.2. The minimum atomic E-state index is -0.693. The molecule has 4 nitrogen and oxygen atoms in total. The first-order chi connectivity index (χ1) is 6.82. The Hall–Kier alpha value is -1.32. The monoisotopic (exact) mass is 209 g/mol. The Balaban J connectivity index is 2.21. The van der Waals surface area contributed by atoms with Crippen LogP contribution in [0.4, 0.5) is 0 Å². The van der Waals surface area contributed by atoms with Crippen molar-refractivity contribution >= 4 is 11.9 Å². The number of esters is 1. The lowest BCUT2D eigenvalue weighted by Crippen LogP contribution is -2.44. The minimum absolute atomic E-state index is 0.0434. The minimum Gasteiger partial charge on any atom is -0.449 e. The van der Waals surface area contributed by atoms with Crippen LogP contribution < -0.4 is 0 Å². The summed E-state index contributed by atoms with van der Waals surface area (Å²) in [6, 6.07) is 0. The van der Waals surface area contributed by atoms with Gasteiger partial charge in [-0.2, -0.15) is 0 Å². The number of hydrogen-bond acceptors (Lipinski definition) is 3. The van der Waals surface area contributed by atoms with Gasteiger partial charge in [-0.1, -0.05) is 0 Å². The van der Waals surface area contributed by atoms with E-state index in [1.165, 1.54) is 6.08 Å². The molecule has 0 aromatic rings. The molecule has 1 atom stereocenters. The van der Waals surface area contributed by atoms with Crippen molar-refractivity contribution < 1.29 is 14.3 Å². The normalized spacial score (nSPS) is 30.5. The highest BCUT2D eigenvalue weighted by Gasteiger charge is 2.49. The molecule has 0 aromatic carbocycles. The van der Waals surface area contributed by atoms with Crippen molar-refractivity contribution in [2.24, 2.45) is 0 Å². The number of hydrogen-bond donors (Lipinski definition) is 0. The molecule has 15 heavy (non-hydrogen) atoms. The van der Waals surface area contributed by atoms with E-state index in [0.717, 1.165) is 0 Å². The Morgan fingerprint density at radius 1 is 1.40 bits per heavy atom. The topological polar surface area (TPSA) is 46.6 Å². The fraction of sp³-hybridized carbons (Fsp3) is 0.636. The summed E-state index contributed by atoms with van der Waals surface area (Å²) in [5.74, 6) is -0.305. The van der Waals surface area contributed by atoms with Crippen LogP contribution in [0.1, 0.15) is 27.2 Å². The SMILES string of the molecule is CC(C)(C)N1CC2(C=CC(=O)O2)CC1=O. The van der Waals surface area contributed by atoms with Gasteiger partial charge >= 0.3 is 5.97 Å². The highest BCUT2D eigenvalue weighted by molar-refractivity contribution is 5.89. The van der Waals surface area contributed by atoms with Crippen molar-refractivity contribution in [1.82, 2.24) is 4.90 Å². The van der Waals surface area contributed by atoms with Crippen LogP contribution in [0.15, 0.2) is 12.2 Å². The van der Waals surface area contributed by atoms with Crippen molar-refractivity contribution in [3.8, 4) is 0 Å². The summed E-state index contributed by atoms with van der Waals surface area (Å²) in [5.41, 5.74) is -0.912. The summed E-state index contributed by atoms with van der Waals surface area (Å²) < 4.78 is 5.19. The molecule has 1 saturated heterocycles. The Morgan fingerprint density at radius 3 is 2.47 bits per heavy atom. The van der Waals surface area contributed by atoms with Gasteiger partial charge in [-0.15, -0.1) is 0 Å². The highest BCUT2D eigenvalue weighted by Crippen LogP contribution is 2.35. The molecular weight excluding hydrogens is 194 g/mol. The van der Waals surface area contributed by atoms with E-state index in [2.05, 4.69) is 0 Å². The molecule has 2 aliphatic heterocycles. The zero-order valence-corrected chi connectivity index (χ0v) is 9.24. The van der Waals surface area contributed by atoms with Crippen LogP contribution >= 0.6 is 0 Å². The molecule has 82 valence electrons. The lowest BCUT2D eigenvalue weighted by atomic mass is 10.0. The molecule has 0 N–H and O–H groups in total. The van der Waals surface area contributed by atoms with Crippen molar-refractivity contribution in [2.75, 3.05) is 6.54 Å². The molecule has 0 aliphatic carbocycles. The van der Waals surface area contributed by atoms with E-state index in [1.54, 1.807) is 11.0 Å². The zero-order valence-electron chi connectivity index (χ0n) is 9.24. The third kappa shape index (κ3) is 1.64. The van der Waals surface area contributed by atoms with E-state index in [4.69, 9.17) is 4.74 Å². The van der Waals surface area contributed by atoms with Gasteiger partial charge < -0.3 is 9.64 Å². The Labute approximate surface area is 88.9 Å². The molecule has 2 aliphatic rings. The average molecular weight is 209 g/mol. The van der Waals surface area contributed by atoms with E-state index >= 15 is 0 Å². The van der Waals surface area contributed by atoms with Crippen LogP contribution in [-0.4, -0.2) is 34.5 Å². The van der Waals surface area contributed by atoms with Gasteiger partial charge in [0.2, 0.25) is 5.91 Å². The fourth-order valence-electron chi connectivity index (χ4n) is 2.04. The number of carbonyl (C=O) groups excluding carboxylic acids is 2. The van der Waals surface area contributed by atoms with Crippen molar-refractivity contribution in [1.29, 1.82) is 0 Å². The third-order valence-electron chi connectivity index (χ3n) is 2.81.